The molecule has 0 saturated heterocycles. The summed E-state index contributed by atoms with van der Waals surface area (Å²) in [6.45, 7) is 0.247. The number of pyridine rings is 1. The van der Waals surface area contributed by atoms with Gasteiger partial charge in [0, 0.05) is 18.0 Å². The van der Waals surface area contributed by atoms with Crippen LogP contribution in [0.1, 0.15) is 5.89 Å². The normalized spacial score (nSPS) is 10.3. The third kappa shape index (κ3) is 2.77. The van der Waals surface area contributed by atoms with Gasteiger partial charge in [0.2, 0.25) is 5.82 Å². The van der Waals surface area contributed by atoms with Gasteiger partial charge in [0.1, 0.15) is 5.75 Å². The fourth-order valence-electron chi connectivity index (χ4n) is 1.59. The van der Waals surface area contributed by atoms with Crippen LogP contribution in [-0.4, -0.2) is 15.1 Å². The Morgan fingerprint density at radius 1 is 1.05 bits per heavy atom. The molecule has 5 nitrogen and oxygen atoms in total. The SMILES string of the molecule is c1ccc(OCc2nc(-c3cccnc3)no2)cc1. The number of aromatic nitrogens is 3. The number of nitrogens with zero attached hydrogens (tertiary/aromatic N) is 3. The average Bonchev–Trinajstić information content (AvgIpc) is 2.96. The first-order valence-electron chi connectivity index (χ1n) is 5.82. The number of hydrogen-bond donors (Lipinski definition) is 0. The second kappa shape index (κ2) is 5.30. The van der Waals surface area contributed by atoms with Crippen molar-refractivity contribution in [3.63, 3.8) is 0 Å². The fourth-order valence-corrected chi connectivity index (χ4v) is 1.59. The second-order valence-corrected chi connectivity index (χ2v) is 3.86. The molecular weight excluding hydrogens is 242 g/mol. The Hall–Kier alpha value is -2.69. The topological polar surface area (TPSA) is 61.0 Å². The maximum Gasteiger partial charge on any atom is 0.264 e. The first-order valence-corrected chi connectivity index (χ1v) is 5.82. The largest absolute Gasteiger partial charge is 0.484 e. The van der Waals surface area contributed by atoms with Gasteiger partial charge in [-0.15, -0.1) is 0 Å². The number of para-hydroxylation sites is 1. The van der Waals surface area contributed by atoms with Gasteiger partial charge in [0.05, 0.1) is 0 Å². The van der Waals surface area contributed by atoms with Crippen molar-refractivity contribution < 1.29 is 9.26 Å². The highest BCUT2D eigenvalue weighted by Crippen LogP contribution is 2.15. The minimum Gasteiger partial charge on any atom is -0.484 e. The summed E-state index contributed by atoms with van der Waals surface area (Å²) in [6, 6.07) is 13.2. The molecule has 0 unspecified atom stereocenters. The van der Waals surface area contributed by atoms with Gasteiger partial charge in [0.25, 0.3) is 5.89 Å². The molecule has 0 aliphatic carbocycles. The monoisotopic (exact) mass is 253 g/mol. The molecule has 0 spiro atoms. The fraction of sp³-hybridized carbons (Fsp3) is 0.0714. The zero-order valence-electron chi connectivity index (χ0n) is 10.1. The Balaban J connectivity index is 1.69. The maximum atomic E-state index is 5.53. The predicted molar refractivity (Wildman–Crippen MR) is 68.3 cm³/mol. The van der Waals surface area contributed by atoms with E-state index < -0.39 is 0 Å². The van der Waals surface area contributed by atoms with Crippen molar-refractivity contribution in [1.82, 2.24) is 15.1 Å². The zero-order chi connectivity index (χ0) is 12.9. The van der Waals surface area contributed by atoms with Crippen LogP contribution in [0.4, 0.5) is 0 Å². The van der Waals surface area contributed by atoms with Crippen molar-refractivity contribution in [2.75, 3.05) is 0 Å². The summed E-state index contributed by atoms with van der Waals surface area (Å²) in [4.78, 5) is 8.26. The van der Waals surface area contributed by atoms with E-state index in [1.807, 2.05) is 42.5 Å². The number of benzene rings is 1. The van der Waals surface area contributed by atoms with Crippen molar-refractivity contribution in [3.05, 3.63) is 60.7 Å². The highest BCUT2D eigenvalue weighted by atomic mass is 16.5. The molecule has 2 heterocycles. The van der Waals surface area contributed by atoms with Crippen molar-refractivity contribution in [2.24, 2.45) is 0 Å². The summed E-state index contributed by atoms with van der Waals surface area (Å²) in [5.41, 5.74) is 0.817. The van der Waals surface area contributed by atoms with Gasteiger partial charge < -0.3 is 9.26 Å². The Morgan fingerprint density at radius 3 is 2.74 bits per heavy atom. The quantitative estimate of drug-likeness (QED) is 0.715. The summed E-state index contributed by atoms with van der Waals surface area (Å²) >= 11 is 0. The molecule has 0 N–H and O–H groups in total. The number of hydrogen-bond acceptors (Lipinski definition) is 5. The van der Waals surface area contributed by atoms with Crippen LogP contribution in [-0.2, 0) is 6.61 Å². The zero-order valence-corrected chi connectivity index (χ0v) is 10.1. The molecule has 0 aliphatic rings. The lowest BCUT2D eigenvalue weighted by Gasteiger charge is -2.01. The molecule has 2 aromatic heterocycles. The van der Waals surface area contributed by atoms with Gasteiger partial charge in [-0.3, -0.25) is 4.98 Å². The van der Waals surface area contributed by atoms with Crippen LogP contribution in [0.2, 0.25) is 0 Å². The van der Waals surface area contributed by atoms with Crippen LogP contribution in [0.3, 0.4) is 0 Å². The average molecular weight is 253 g/mol. The summed E-state index contributed by atoms with van der Waals surface area (Å²) < 4.78 is 10.7. The second-order valence-electron chi connectivity index (χ2n) is 3.86. The number of ether oxygens (including phenoxy) is 1. The third-order valence-corrected chi connectivity index (χ3v) is 2.49. The van der Waals surface area contributed by atoms with E-state index in [4.69, 9.17) is 9.26 Å². The lowest BCUT2D eigenvalue weighted by atomic mass is 10.3. The van der Waals surface area contributed by atoms with Gasteiger partial charge in [-0.25, -0.2) is 0 Å². The Bertz CT molecular complexity index is 638. The smallest absolute Gasteiger partial charge is 0.264 e. The van der Waals surface area contributed by atoms with Crippen molar-refractivity contribution in [3.8, 4) is 17.1 Å². The molecule has 0 fully saturated rings. The Morgan fingerprint density at radius 2 is 1.95 bits per heavy atom. The first kappa shape index (κ1) is 11.4. The summed E-state index contributed by atoms with van der Waals surface area (Å²) in [5.74, 6) is 1.71. The highest BCUT2D eigenvalue weighted by molar-refractivity contribution is 5.51. The van der Waals surface area contributed by atoms with Crippen LogP contribution >= 0.6 is 0 Å². The Labute approximate surface area is 109 Å². The minimum atomic E-state index is 0.247. The molecule has 3 aromatic rings. The highest BCUT2D eigenvalue weighted by Gasteiger charge is 2.08. The van der Waals surface area contributed by atoms with Gasteiger partial charge in [-0.1, -0.05) is 23.4 Å². The number of rotatable bonds is 4. The summed E-state index contributed by atoms with van der Waals surface area (Å²) in [7, 11) is 0. The van der Waals surface area contributed by atoms with Crippen molar-refractivity contribution in [1.29, 1.82) is 0 Å². The van der Waals surface area contributed by atoms with Crippen LogP contribution in [0.5, 0.6) is 5.75 Å². The standard InChI is InChI=1S/C14H11N3O2/c1-2-6-12(7-3-1)18-10-13-16-14(17-19-13)11-5-4-8-15-9-11/h1-9H,10H2. The van der Waals surface area contributed by atoms with E-state index >= 15 is 0 Å². The summed E-state index contributed by atoms with van der Waals surface area (Å²) in [5, 5.41) is 3.89. The van der Waals surface area contributed by atoms with Gasteiger partial charge in [0.15, 0.2) is 6.61 Å². The van der Waals surface area contributed by atoms with Gasteiger partial charge in [-0.05, 0) is 24.3 Å². The molecule has 1 aromatic carbocycles. The van der Waals surface area contributed by atoms with E-state index in [1.165, 1.54) is 0 Å². The molecule has 5 heteroatoms. The van der Waals surface area contributed by atoms with Crippen molar-refractivity contribution >= 4 is 0 Å². The molecule has 0 saturated carbocycles. The molecule has 0 atom stereocenters. The van der Waals surface area contributed by atoms with Crippen LogP contribution in [0.25, 0.3) is 11.4 Å². The van der Waals surface area contributed by atoms with Crippen molar-refractivity contribution in [2.45, 2.75) is 6.61 Å². The minimum absolute atomic E-state index is 0.247. The third-order valence-electron chi connectivity index (χ3n) is 2.49. The van der Waals surface area contributed by atoms with E-state index in [0.29, 0.717) is 11.7 Å². The molecule has 0 amide bonds. The van der Waals surface area contributed by atoms with E-state index in [2.05, 4.69) is 15.1 Å². The molecule has 94 valence electrons. The summed E-state index contributed by atoms with van der Waals surface area (Å²) in [6.07, 6.45) is 3.38. The first-order chi connectivity index (χ1) is 9.42. The van der Waals surface area contributed by atoms with Gasteiger partial charge in [-0.2, -0.15) is 4.98 Å². The molecule has 3 rings (SSSR count). The molecular formula is C14H11N3O2. The Kier molecular flexibility index (Phi) is 3.18. The van der Waals surface area contributed by atoms with Crippen LogP contribution in [0, 0.1) is 0 Å². The maximum absolute atomic E-state index is 5.53. The lowest BCUT2D eigenvalue weighted by Crippen LogP contribution is -1.95. The van der Waals surface area contributed by atoms with E-state index in [-0.39, 0.29) is 6.61 Å². The molecule has 0 aliphatic heterocycles. The molecule has 0 bridgehead atoms. The van der Waals surface area contributed by atoms with Crippen LogP contribution in [0.15, 0.2) is 59.4 Å². The van der Waals surface area contributed by atoms with E-state index in [9.17, 15) is 0 Å². The molecule has 0 radical (unpaired) electrons. The molecule has 19 heavy (non-hydrogen) atoms. The van der Waals surface area contributed by atoms with Gasteiger partial charge >= 0.3 is 0 Å². The van der Waals surface area contributed by atoms with E-state index in [1.54, 1.807) is 12.4 Å². The predicted octanol–water partition coefficient (Wildman–Crippen LogP) is 2.71. The van der Waals surface area contributed by atoms with E-state index in [0.717, 1.165) is 11.3 Å². The van der Waals surface area contributed by atoms with Crippen LogP contribution < -0.4 is 4.74 Å². The lowest BCUT2D eigenvalue weighted by molar-refractivity contribution is 0.243.